The summed E-state index contributed by atoms with van der Waals surface area (Å²) in [5, 5.41) is 9.78. The first-order valence-electron chi connectivity index (χ1n) is 6.81. The third-order valence-electron chi connectivity index (χ3n) is 3.27. The van der Waals surface area contributed by atoms with Gasteiger partial charge in [-0.3, -0.25) is 4.99 Å². The minimum atomic E-state index is 0. The standard InChI is InChI=1S/C19H15NO.Co/c21-19-13-7-4-10-16(19)14-20-18-12-6-5-11-17(18)15-8-2-1-3-9-15;/h1-14,21H;. The van der Waals surface area contributed by atoms with Crippen LogP contribution in [0.1, 0.15) is 5.56 Å². The zero-order chi connectivity index (χ0) is 14.5. The molecule has 0 aliphatic carbocycles. The molecule has 0 saturated heterocycles. The van der Waals surface area contributed by atoms with E-state index >= 15 is 0 Å². The molecule has 0 amide bonds. The second-order valence-corrected chi connectivity index (χ2v) is 4.70. The number of rotatable bonds is 3. The van der Waals surface area contributed by atoms with E-state index in [1.807, 2.05) is 54.6 Å². The molecular formula is C19H15CoNO. The number of phenols is 1. The first-order valence-corrected chi connectivity index (χ1v) is 6.81. The summed E-state index contributed by atoms with van der Waals surface area (Å²) >= 11 is 0. The van der Waals surface area contributed by atoms with Gasteiger partial charge in [-0.2, -0.15) is 0 Å². The van der Waals surface area contributed by atoms with E-state index in [0.717, 1.165) is 16.8 Å². The zero-order valence-electron chi connectivity index (χ0n) is 11.8. The Morgan fingerprint density at radius 2 is 1.36 bits per heavy atom. The van der Waals surface area contributed by atoms with Gasteiger partial charge >= 0.3 is 0 Å². The molecule has 3 heteroatoms. The quantitative estimate of drug-likeness (QED) is 0.686. The van der Waals surface area contributed by atoms with Gasteiger partial charge < -0.3 is 5.11 Å². The predicted molar refractivity (Wildman–Crippen MR) is 87.2 cm³/mol. The Balaban J connectivity index is 0.00000176. The van der Waals surface area contributed by atoms with Gasteiger partial charge in [0.25, 0.3) is 0 Å². The number of phenolic OH excluding ortho intramolecular Hbond substituents is 1. The predicted octanol–water partition coefficient (Wildman–Crippen LogP) is 4.81. The van der Waals surface area contributed by atoms with E-state index in [4.69, 9.17) is 0 Å². The largest absolute Gasteiger partial charge is 0.507 e. The van der Waals surface area contributed by atoms with Gasteiger partial charge in [0.2, 0.25) is 0 Å². The van der Waals surface area contributed by atoms with Crippen LogP contribution in [0.25, 0.3) is 11.1 Å². The molecule has 0 bridgehead atoms. The van der Waals surface area contributed by atoms with Crippen molar-refractivity contribution in [3.05, 3.63) is 84.4 Å². The first-order chi connectivity index (χ1) is 10.3. The van der Waals surface area contributed by atoms with Crippen LogP contribution in [0.3, 0.4) is 0 Å². The normalized spacial score (nSPS) is 10.4. The maximum Gasteiger partial charge on any atom is 0.124 e. The average Bonchev–Trinajstić information content (AvgIpc) is 2.55. The molecule has 0 aromatic heterocycles. The number of hydrogen-bond donors (Lipinski definition) is 1. The van der Waals surface area contributed by atoms with Gasteiger partial charge in [-0.25, -0.2) is 0 Å². The molecule has 0 aliphatic heterocycles. The van der Waals surface area contributed by atoms with Crippen LogP contribution in [0, 0.1) is 0 Å². The van der Waals surface area contributed by atoms with Crippen molar-refractivity contribution in [3.8, 4) is 16.9 Å². The van der Waals surface area contributed by atoms with E-state index in [9.17, 15) is 5.11 Å². The van der Waals surface area contributed by atoms with Crippen LogP contribution in [0.5, 0.6) is 5.75 Å². The van der Waals surface area contributed by atoms with Gasteiger partial charge in [0, 0.05) is 34.1 Å². The van der Waals surface area contributed by atoms with Gasteiger partial charge in [-0.15, -0.1) is 0 Å². The van der Waals surface area contributed by atoms with Crippen LogP contribution < -0.4 is 0 Å². The van der Waals surface area contributed by atoms with E-state index in [1.165, 1.54) is 0 Å². The molecule has 2 nitrogen and oxygen atoms in total. The number of nitrogens with zero attached hydrogens (tertiary/aromatic N) is 1. The SMILES string of the molecule is Oc1ccccc1C=Nc1ccccc1-c1ccccc1.[Co]. The van der Waals surface area contributed by atoms with Crippen molar-refractivity contribution in [2.75, 3.05) is 0 Å². The summed E-state index contributed by atoms with van der Waals surface area (Å²) in [6, 6.07) is 25.3. The third kappa shape index (κ3) is 3.64. The molecule has 3 rings (SSSR count). The van der Waals surface area contributed by atoms with Crippen LogP contribution >= 0.6 is 0 Å². The van der Waals surface area contributed by atoms with Crippen molar-refractivity contribution in [3.63, 3.8) is 0 Å². The Kier molecular flexibility index (Phi) is 5.52. The zero-order valence-corrected chi connectivity index (χ0v) is 12.9. The molecule has 0 saturated carbocycles. The van der Waals surface area contributed by atoms with E-state index in [1.54, 1.807) is 18.3 Å². The molecule has 3 aromatic rings. The van der Waals surface area contributed by atoms with Crippen LogP contribution in [0.4, 0.5) is 5.69 Å². The smallest absolute Gasteiger partial charge is 0.124 e. The van der Waals surface area contributed by atoms with E-state index in [2.05, 4.69) is 17.1 Å². The molecule has 111 valence electrons. The molecule has 0 unspecified atom stereocenters. The van der Waals surface area contributed by atoms with Crippen LogP contribution in [0.15, 0.2) is 83.9 Å². The van der Waals surface area contributed by atoms with Crippen LogP contribution in [0.2, 0.25) is 0 Å². The summed E-state index contributed by atoms with van der Waals surface area (Å²) < 4.78 is 0. The maximum absolute atomic E-state index is 9.78. The topological polar surface area (TPSA) is 32.6 Å². The number of hydrogen-bond acceptors (Lipinski definition) is 2. The second kappa shape index (κ2) is 7.59. The van der Waals surface area contributed by atoms with Gasteiger partial charge in [0.05, 0.1) is 5.69 Å². The summed E-state index contributed by atoms with van der Waals surface area (Å²) in [7, 11) is 0. The Hall–Kier alpha value is -2.36. The van der Waals surface area contributed by atoms with Crippen molar-refractivity contribution in [2.24, 2.45) is 4.99 Å². The molecule has 0 aliphatic rings. The molecule has 0 fully saturated rings. The first kappa shape index (κ1) is 16.0. The van der Waals surface area contributed by atoms with Crippen molar-refractivity contribution in [1.82, 2.24) is 0 Å². The minimum absolute atomic E-state index is 0. The van der Waals surface area contributed by atoms with E-state index < -0.39 is 0 Å². The fraction of sp³-hybridized carbons (Fsp3) is 0. The van der Waals surface area contributed by atoms with Gasteiger partial charge in [-0.05, 0) is 23.8 Å². The summed E-state index contributed by atoms with van der Waals surface area (Å²) in [4.78, 5) is 4.53. The van der Waals surface area contributed by atoms with Gasteiger partial charge in [-0.1, -0.05) is 60.7 Å². The Morgan fingerprint density at radius 3 is 2.14 bits per heavy atom. The van der Waals surface area contributed by atoms with E-state index in [0.29, 0.717) is 5.56 Å². The molecule has 1 radical (unpaired) electrons. The summed E-state index contributed by atoms with van der Waals surface area (Å²) in [5.74, 6) is 0.235. The second-order valence-electron chi connectivity index (χ2n) is 4.70. The molecule has 22 heavy (non-hydrogen) atoms. The van der Waals surface area contributed by atoms with Crippen LogP contribution in [-0.2, 0) is 16.8 Å². The monoisotopic (exact) mass is 332 g/mol. The van der Waals surface area contributed by atoms with Crippen molar-refractivity contribution >= 4 is 11.9 Å². The molecule has 0 heterocycles. The number of aromatic hydroxyl groups is 1. The fourth-order valence-corrected chi connectivity index (χ4v) is 2.18. The van der Waals surface area contributed by atoms with Crippen LogP contribution in [-0.4, -0.2) is 11.3 Å². The molecule has 0 spiro atoms. The summed E-state index contributed by atoms with van der Waals surface area (Å²) in [6.07, 6.45) is 1.69. The molecule has 3 aromatic carbocycles. The van der Waals surface area contributed by atoms with Crippen molar-refractivity contribution in [2.45, 2.75) is 0 Å². The Bertz CT molecular complexity index is 769. The fourth-order valence-electron chi connectivity index (χ4n) is 2.18. The number of para-hydroxylation sites is 2. The van der Waals surface area contributed by atoms with Gasteiger partial charge in [0.1, 0.15) is 5.75 Å². The summed E-state index contributed by atoms with van der Waals surface area (Å²) in [5.41, 5.74) is 3.79. The number of benzene rings is 3. The van der Waals surface area contributed by atoms with Crippen molar-refractivity contribution < 1.29 is 21.9 Å². The van der Waals surface area contributed by atoms with Crippen molar-refractivity contribution in [1.29, 1.82) is 0 Å². The maximum atomic E-state index is 9.78. The average molecular weight is 332 g/mol. The number of aliphatic imine (C=N–C) groups is 1. The Labute approximate surface area is 140 Å². The minimum Gasteiger partial charge on any atom is -0.507 e. The van der Waals surface area contributed by atoms with E-state index in [-0.39, 0.29) is 22.5 Å². The summed E-state index contributed by atoms with van der Waals surface area (Å²) in [6.45, 7) is 0. The Morgan fingerprint density at radius 1 is 0.727 bits per heavy atom. The van der Waals surface area contributed by atoms with Gasteiger partial charge in [0.15, 0.2) is 0 Å². The molecular weight excluding hydrogens is 317 g/mol. The third-order valence-corrected chi connectivity index (χ3v) is 3.27. The molecule has 0 atom stereocenters. The molecule has 1 N–H and O–H groups in total.